The van der Waals surface area contributed by atoms with Crippen molar-refractivity contribution in [1.29, 1.82) is 0 Å². The zero-order valence-electron chi connectivity index (χ0n) is 16.4. The molecule has 0 aliphatic heterocycles. The summed E-state index contributed by atoms with van der Waals surface area (Å²) >= 11 is 5.03. The van der Waals surface area contributed by atoms with Crippen molar-refractivity contribution >= 4 is 45.3 Å². The lowest BCUT2D eigenvalue weighted by molar-refractivity contribution is -0.139. The lowest BCUT2D eigenvalue weighted by Gasteiger charge is -2.16. The van der Waals surface area contributed by atoms with Crippen molar-refractivity contribution in [3.63, 3.8) is 0 Å². The highest BCUT2D eigenvalue weighted by Gasteiger charge is 2.17. The number of hydrogen-bond donors (Lipinski definition) is 3. The molecule has 0 aliphatic carbocycles. The third kappa shape index (κ3) is 8.08. The molecule has 29 heavy (non-hydrogen) atoms. The van der Waals surface area contributed by atoms with Gasteiger partial charge in [0.1, 0.15) is 11.8 Å². The van der Waals surface area contributed by atoms with Crippen LogP contribution in [-0.4, -0.2) is 41.6 Å². The van der Waals surface area contributed by atoms with Crippen LogP contribution in [0.3, 0.4) is 0 Å². The number of thioether (sulfide) groups is 1. The van der Waals surface area contributed by atoms with E-state index < -0.39 is 12.0 Å². The Hall–Kier alpha value is -2.03. The Morgan fingerprint density at radius 3 is 2.59 bits per heavy atom. The Morgan fingerprint density at radius 2 is 1.93 bits per heavy atom. The number of anilines is 1. The van der Waals surface area contributed by atoms with Crippen molar-refractivity contribution in [2.75, 3.05) is 23.9 Å². The fraction of sp³-hybridized carbons (Fsp3) is 0.333. The molecule has 0 heterocycles. The van der Waals surface area contributed by atoms with Crippen LogP contribution in [-0.2, 0) is 16.1 Å². The molecule has 156 valence electrons. The first-order valence-corrected chi connectivity index (χ1v) is 11.3. The Morgan fingerprint density at radius 1 is 1.21 bits per heavy atom. The molecule has 2 aromatic carbocycles. The summed E-state index contributed by atoms with van der Waals surface area (Å²) < 4.78 is 6.55. The predicted molar refractivity (Wildman–Crippen MR) is 121 cm³/mol. The van der Waals surface area contributed by atoms with Crippen LogP contribution < -0.4 is 15.4 Å². The molecule has 2 rings (SSSR count). The Bertz CT molecular complexity index is 830. The minimum absolute atomic E-state index is 0.142. The smallest absolute Gasteiger partial charge is 0.320 e. The maximum atomic E-state index is 12.2. The Kier molecular flexibility index (Phi) is 9.50. The second-order valence-corrected chi connectivity index (χ2v) is 8.41. The van der Waals surface area contributed by atoms with E-state index in [-0.39, 0.29) is 12.5 Å². The average Bonchev–Trinajstić information content (AvgIpc) is 2.69. The topological polar surface area (TPSA) is 87.7 Å². The molecule has 6 nitrogen and oxygen atoms in total. The summed E-state index contributed by atoms with van der Waals surface area (Å²) in [6.45, 7) is 2.16. The lowest BCUT2D eigenvalue weighted by Crippen LogP contribution is -2.36. The van der Waals surface area contributed by atoms with Gasteiger partial charge in [0.05, 0.1) is 0 Å². The first-order chi connectivity index (χ1) is 13.9. The maximum Gasteiger partial charge on any atom is 0.320 e. The van der Waals surface area contributed by atoms with Gasteiger partial charge in [-0.2, -0.15) is 11.8 Å². The van der Waals surface area contributed by atoms with Gasteiger partial charge in [-0.3, -0.25) is 9.59 Å². The molecule has 3 N–H and O–H groups in total. The van der Waals surface area contributed by atoms with E-state index in [0.717, 1.165) is 21.4 Å². The Balaban J connectivity index is 1.97. The number of rotatable bonds is 11. The van der Waals surface area contributed by atoms with Crippen LogP contribution in [0.4, 0.5) is 5.69 Å². The van der Waals surface area contributed by atoms with E-state index in [1.54, 1.807) is 17.8 Å². The van der Waals surface area contributed by atoms with Gasteiger partial charge in [0.2, 0.25) is 0 Å². The van der Waals surface area contributed by atoms with Crippen LogP contribution in [0.2, 0.25) is 0 Å². The van der Waals surface area contributed by atoms with Crippen LogP contribution >= 0.6 is 27.7 Å². The summed E-state index contributed by atoms with van der Waals surface area (Å²) in [5, 5.41) is 15.2. The average molecular weight is 481 g/mol. The molecule has 1 amide bonds. The maximum absolute atomic E-state index is 12.2. The van der Waals surface area contributed by atoms with Crippen molar-refractivity contribution in [3.05, 3.63) is 58.1 Å². The van der Waals surface area contributed by atoms with Gasteiger partial charge in [0, 0.05) is 22.3 Å². The van der Waals surface area contributed by atoms with E-state index in [1.165, 1.54) is 0 Å². The van der Waals surface area contributed by atoms with Gasteiger partial charge in [-0.1, -0.05) is 33.6 Å². The fourth-order valence-corrected chi connectivity index (χ4v) is 3.47. The summed E-state index contributed by atoms with van der Waals surface area (Å²) in [6.07, 6.45) is 2.47. The highest BCUT2D eigenvalue weighted by Crippen LogP contribution is 2.23. The molecule has 0 saturated carbocycles. The van der Waals surface area contributed by atoms with Crippen molar-refractivity contribution in [2.45, 2.75) is 25.9 Å². The largest absolute Gasteiger partial charge is 0.483 e. The molecule has 0 spiro atoms. The van der Waals surface area contributed by atoms with E-state index >= 15 is 0 Å². The van der Waals surface area contributed by atoms with Crippen molar-refractivity contribution in [3.8, 4) is 5.75 Å². The number of amides is 1. The number of carboxylic acid groups (broad SMARTS) is 1. The molecule has 0 aliphatic rings. The van der Waals surface area contributed by atoms with Crippen LogP contribution in [0.15, 0.2) is 46.9 Å². The molecule has 0 aromatic heterocycles. The van der Waals surface area contributed by atoms with Gasteiger partial charge in [0.25, 0.3) is 5.91 Å². The second kappa shape index (κ2) is 11.8. The molecule has 8 heteroatoms. The van der Waals surface area contributed by atoms with Gasteiger partial charge in [0.15, 0.2) is 6.61 Å². The number of benzene rings is 2. The van der Waals surface area contributed by atoms with E-state index in [2.05, 4.69) is 26.6 Å². The highest BCUT2D eigenvalue weighted by atomic mass is 79.9. The first kappa shape index (κ1) is 23.3. The second-order valence-electron chi connectivity index (χ2n) is 6.51. The van der Waals surface area contributed by atoms with Crippen molar-refractivity contribution in [2.24, 2.45) is 0 Å². The third-order valence-electron chi connectivity index (χ3n) is 4.16. The summed E-state index contributed by atoms with van der Waals surface area (Å²) in [5.74, 6) is 0.146. The molecule has 2 aromatic rings. The minimum Gasteiger partial charge on any atom is -0.483 e. The molecular formula is C21H25BrN2O4S. The molecule has 1 atom stereocenters. The highest BCUT2D eigenvalue weighted by molar-refractivity contribution is 9.10. The molecule has 0 saturated heterocycles. The van der Waals surface area contributed by atoms with Crippen molar-refractivity contribution in [1.82, 2.24) is 5.32 Å². The van der Waals surface area contributed by atoms with E-state index in [1.807, 2.05) is 49.6 Å². The van der Waals surface area contributed by atoms with Crippen LogP contribution in [0.5, 0.6) is 5.75 Å². The summed E-state index contributed by atoms with van der Waals surface area (Å²) in [7, 11) is 0. The van der Waals surface area contributed by atoms with E-state index in [4.69, 9.17) is 4.74 Å². The van der Waals surface area contributed by atoms with E-state index in [9.17, 15) is 14.7 Å². The number of ether oxygens (including phenoxy) is 1. The number of carboxylic acids is 1. The molecular weight excluding hydrogens is 456 g/mol. The van der Waals surface area contributed by atoms with Gasteiger partial charge < -0.3 is 20.5 Å². The molecule has 0 bridgehead atoms. The number of nitrogens with one attached hydrogen (secondary N) is 2. The molecule has 1 unspecified atom stereocenters. The van der Waals surface area contributed by atoms with Gasteiger partial charge in [-0.05, 0) is 55.7 Å². The minimum atomic E-state index is -0.881. The van der Waals surface area contributed by atoms with Gasteiger partial charge in [-0.15, -0.1) is 0 Å². The Labute approximate surface area is 183 Å². The third-order valence-corrected chi connectivity index (χ3v) is 5.30. The van der Waals surface area contributed by atoms with E-state index in [0.29, 0.717) is 24.4 Å². The lowest BCUT2D eigenvalue weighted by atomic mass is 10.1. The quantitative estimate of drug-likeness (QED) is 0.449. The fourth-order valence-electron chi connectivity index (χ4n) is 2.59. The standard InChI is InChI=1S/C21H25BrN2O4S/c1-14-3-6-17(7-4-14)24-20(25)13-28-19-8-5-16(22)11-15(19)12-23-18(21(26)27)9-10-29-2/h3-8,11,18,23H,9-10,12-13H2,1-2H3,(H,24,25)(H,26,27). The first-order valence-electron chi connectivity index (χ1n) is 9.12. The number of hydrogen-bond acceptors (Lipinski definition) is 5. The molecule has 0 fully saturated rings. The number of halogens is 1. The number of carbonyl (C=O) groups is 2. The monoisotopic (exact) mass is 480 g/mol. The van der Waals surface area contributed by atoms with Crippen LogP contribution in [0.1, 0.15) is 17.5 Å². The summed E-state index contributed by atoms with van der Waals surface area (Å²) in [5.41, 5.74) is 2.60. The summed E-state index contributed by atoms with van der Waals surface area (Å²) in [6, 6.07) is 12.3. The number of aryl methyl sites for hydroxylation is 1. The zero-order valence-corrected chi connectivity index (χ0v) is 18.8. The van der Waals surface area contributed by atoms with Crippen molar-refractivity contribution < 1.29 is 19.4 Å². The van der Waals surface area contributed by atoms with Crippen LogP contribution in [0, 0.1) is 6.92 Å². The van der Waals surface area contributed by atoms with Gasteiger partial charge in [-0.25, -0.2) is 0 Å². The zero-order chi connectivity index (χ0) is 21.2. The normalized spacial score (nSPS) is 11.7. The van der Waals surface area contributed by atoms with Crippen LogP contribution in [0.25, 0.3) is 0 Å². The number of carbonyl (C=O) groups excluding carboxylic acids is 1. The van der Waals surface area contributed by atoms with Gasteiger partial charge >= 0.3 is 5.97 Å². The predicted octanol–water partition coefficient (Wildman–Crippen LogP) is 4.07. The SMILES string of the molecule is CSCCC(NCc1cc(Br)ccc1OCC(=O)Nc1ccc(C)cc1)C(=O)O. The number of aliphatic carboxylic acids is 1. The molecule has 0 radical (unpaired) electrons. The summed E-state index contributed by atoms with van der Waals surface area (Å²) in [4.78, 5) is 23.6.